The molecule has 2 aromatic rings. The standard InChI is InChI=1S/C16H18ClNO3S/c1-10-5-6-13(9-15(10)17)18-22(19,20)16-11(2)7-14(21-4)8-12(16)3/h5-9,18H,1-4H3. The maximum absolute atomic E-state index is 12.6. The molecule has 2 aromatic carbocycles. The lowest BCUT2D eigenvalue weighted by molar-refractivity contribution is 0.413. The van der Waals surface area contributed by atoms with E-state index in [1.54, 1.807) is 51.3 Å². The zero-order valence-electron chi connectivity index (χ0n) is 12.9. The normalized spacial score (nSPS) is 11.3. The summed E-state index contributed by atoms with van der Waals surface area (Å²) in [5.74, 6) is 0.632. The molecule has 0 atom stereocenters. The molecule has 0 aromatic heterocycles. The fraction of sp³-hybridized carbons (Fsp3) is 0.250. The Morgan fingerprint density at radius 3 is 2.09 bits per heavy atom. The molecule has 6 heteroatoms. The topological polar surface area (TPSA) is 55.4 Å². The van der Waals surface area contributed by atoms with Gasteiger partial charge in [-0.1, -0.05) is 17.7 Å². The van der Waals surface area contributed by atoms with Crippen molar-refractivity contribution >= 4 is 27.3 Å². The van der Waals surface area contributed by atoms with E-state index in [-0.39, 0.29) is 4.90 Å². The Morgan fingerprint density at radius 2 is 1.59 bits per heavy atom. The predicted octanol–water partition coefficient (Wildman–Crippen LogP) is 4.07. The van der Waals surface area contributed by atoms with Crippen molar-refractivity contribution in [1.29, 1.82) is 0 Å². The summed E-state index contributed by atoms with van der Waals surface area (Å²) < 4.78 is 33.0. The maximum atomic E-state index is 12.6. The monoisotopic (exact) mass is 339 g/mol. The van der Waals surface area contributed by atoms with Crippen LogP contribution in [0.5, 0.6) is 5.75 Å². The van der Waals surface area contributed by atoms with Crippen molar-refractivity contribution in [3.63, 3.8) is 0 Å². The van der Waals surface area contributed by atoms with Crippen LogP contribution in [0.4, 0.5) is 5.69 Å². The molecule has 0 amide bonds. The van der Waals surface area contributed by atoms with Crippen LogP contribution in [0.15, 0.2) is 35.2 Å². The second kappa shape index (κ2) is 6.18. The molecule has 0 aliphatic heterocycles. The fourth-order valence-electron chi connectivity index (χ4n) is 2.31. The van der Waals surface area contributed by atoms with Gasteiger partial charge in [-0.05, 0) is 61.7 Å². The highest BCUT2D eigenvalue weighted by molar-refractivity contribution is 7.92. The Balaban J connectivity index is 2.44. The molecule has 0 aliphatic rings. The largest absolute Gasteiger partial charge is 0.497 e. The lowest BCUT2D eigenvalue weighted by atomic mass is 10.1. The molecule has 22 heavy (non-hydrogen) atoms. The van der Waals surface area contributed by atoms with Crippen LogP contribution in [0, 0.1) is 20.8 Å². The van der Waals surface area contributed by atoms with Gasteiger partial charge in [0.1, 0.15) is 5.75 Å². The van der Waals surface area contributed by atoms with Crippen molar-refractivity contribution in [2.45, 2.75) is 25.7 Å². The average Bonchev–Trinajstić information content (AvgIpc) is 2.41. The second-order valence-electron chi connectivity index (χ2n) is 5.16. The third-order valence-corrected chi connectivity index (χ3v) is 5.46. The van der Waals surface area contributed by atoms with E-state index in [1.807, 2.05) is 6.92 Å². The third kappa shape index (κ3) is 3.36. The van der Waals surface area contributed by atoms with Gasteiger partial charge in [0.05, 0.1) is 17.7 Å². The zero-order chi connectivity index (χ0) is 16.5. The SMILES string of the molecule is COc1cc(C)c(S(=O)(=O)Nc2ccc(C)c(Cl)c2)c(C)c1. The summed E-state index contributed by atoms with van der Waals surface area (Å²) in [6.07, 6.45) is 0. The molecular formula is C16H18ClNO3S. The number of hydrogen-bond acceptors (Lipinski definition) is 3. The van der Waals surface area contributed by atoms with Crippen LogP contribution in [0.1, 0.15) is 16.7 Å². The van der Waals surface area contributed by atoms with Gasteiger partial charge < -0.3 is 4.74 Å². The summed E-state index contributed by atoms with van der Waals surface area (Å²) in [6, 6.07) is 8.46. The summed E-state index contributed by atoms with van der Waals surface area (Å²) in [4.78, 5) is 0.255. The first-order valence-corrected chi connectivity index (χ1v) is 8.55. The number of rotatable bonds is 4. The van der Waals surface area contributed by atoms with Crippen LogP contribution in [-0.4, -0.2) is 15.5 Å². The van der Waals surface area contributed by atoms with Crippen LogP contribution in [-0.2, 0) is 10.0 Å². The van der Waals surface area contributed by atoms with Gasteiger partial charge in [0.2, 0.25) is 0 Å². The molecular weight excluding hydrogens is 322 g/mol. The van der Waals surface area contributed by atoms with E-state index in [9.17, 15) is 8.42 Å². The molecule has 0 saturated carbocycles. The molecule has 0 aliphatic carbocycles. The molecule has 0 fully saturated rings. The van der Waals surface area contributed by atoms with Gasteiger partial charge in [-0.3, -0.25) is 4.72 Å². The highest BCUT2D eigenvalue weighted by atomic mass is 35.5. The number of nitrogens with one attached hydrogen (secondary N) is 1. The molecule has 4 nitrogen and oxygen atoms in total. The van der Waals surface area contributed by atoms with E-state index in [0.717, 1.165) is 5.56 Å². The lowest BCUT2D eigenvalue weighted by Crippen LogP contribution is -2.16. The van der Waals surface area contributed by atoms with E-state index >= 15 is 0 Å². The second-order valence-corrected chi connectivity index (χ2v) is 7.19. The van der Waals surface area contributed by atoms with Crippen LogP contribution >= 0.6 is 11.6 Å². The molecule has 0 spiro atoms. The number of anilines is 1. The van der Waals surface area contributed by atoms with Gasteiger partial charge in [0.25, 0.3) is 10.0 Å². The van der Waals surface area contributed by atoms with Crippen LogP contribution in [0.3, 0.4) is 0 Å². The first kappa shape index (κ1) is 16.6. The molecule has 0 radical (unpaired) electrons. The summed E-state index contributed by atoms with van der Waals surface area (Å²) in [5, 5.41) is 0.517. The minimum atomic E-state index is -3.69. The van der Waals surface area contributed by atoms with Gasteiger partial charge in [-0.15, -0.1) is 0 Å². The van der Waals surface area contributed by atoms with Gasteiger partial charge in [-0.25, -0.2) is 8.42 Å². The van der Waals surface area contributed by atoms with Crippen molar-refractivity contribution in [3.8, 4) is 5.75 Å². The van der Waals surface area contributed by atoms with Crippen molar-refractivity contribution in [3.05, 3.63) is 52.0 Å². The third-order valence-electron chi connectivity index (χ3n) is 3.36. The first-order chi connectivity index (χ1) is 10.2. The van der Waals surface area contributed by atoms with Crippen LogP contribution < -0.4 is 9.46 Å². The highest BCUT2D eigenvalue weighted by Gasteiger charge is 2.20. The molecule has 1 N–H and O–H groups in total. The molecule has 0 unspecified atom stereocenters. The Morgan fingerprint density at radius 1 is 1.00 bits per heavy atom. The van der Waals surface area contributed by atoms with Crippen molar-refractivity contribution in [2.75, 3.05) is 11.8 Å². The van der Waals surface area contributed by atoms with Crippen LogP contribution in [0.2, 0.25) is 5.02 Å². The van der Waals surface area contributed by atoms with E-state index in [0.29, 0.717) is 27.6 Å². The molecule has 2 rings (SSSR count). The van der Waals surface area contributed by atoms with E-state index in [1.165, 1.54) is 0 Å². The maximum Gasteiger partial charge on any atom is 0.262 e. The number of ether oxygens (including phenoxy) is 1. The number of benzene rings is 2. The Bertz CT molecular complexity index is 793. The Kier molecular flexibility index (Phi) is 4.68. The number of aryl methyl sites for hydroxylation is 3. The van der Waals surface area contributed by atoms with E-state index < -0.39 is 10.0 Å². The minimum absolute atomic E-state index is 0.255. The first-order valence-electron chi connectivity index (χ1n) is 6.69. The van der Waals surface area contributed by atoms with Crippen molar-refractivity contribution < 1.29 is 13.2 Å². The molecule has 0 bridgehead atoms. The molecule has 0 saturated heterocycles. The van der Waals surface area contributed by atoms with Crippen molar-refractivity contribution in [1.82, 2.24) is 0 Å². The number of hydrogen-bond donors (Lipinski definition) is 1. The Hall–Kier alpha value is -1.72. The quantitative estimate of drug-likeness (QED) is 0.913. The predicted molar refractivity (Wildman–Crippen MR) is 89.5 cm³/mol. The number of halogens is 1. The van der Waals surface area contributed by atoms with Gasteiger partial charge in [0, 0.05) is 5.02 Å². The van der Waals surface area contributed by atoms with Crippen molar-refractivity contribution in [2.24, 2.45) is 0 Å². The highest BCUT2D eigenvalue weighted by Crippen LogP contribution is 2.28. The summed E-state index contributed by atoms with van der Waals surface area (Å²) in [6.45, 7) is 5.34. The van der Waals surface area contributed by atoms with Gasteiger partial charge in [0.15, 0.2) is 0 Å². The van der Waals surface area contributed by atoms with Gasteiger partial charge >= 0.3 is 0 Å². The molecule has 0 heterocycles. The minimum Gasteiger partial charge on any atom is -0.497 e. The lowest BCUT2D eigenvalue weighted by Gasteiger charge is -2.14. The van der Waals surface area contributed by atoms with Gasteiger partial charge in [-0.2, -0.15) is 0 Å². The Labute approximate surface area is 136 Å². The average molecular weight is 340 g/mol. The smallest absolute Gasteiger partial charge is 0.262 e. The van der Waals surface area contributed by atoms with E-state index in [2.05, 4.69) is 4.72 Å². The fourth-order valence-corrected chi connectivity index (χ4v) is 4.00. The van der Waals surface area contributed by atoms with Crippen LogP contribution in [0.25, 0.3) is 0 Å². The zero-order valence-corrected chi connectivity index (χ0v) is 14.5. The summed E-state index contributed by atoms with van der Waals surface area (Å²) >= 11 is 6.04. The summed E-state index contributed by atoms with van der Waals surface area (Å²) in [7, 11) is -2.14. The number of methoxy groups -OCH3 is 1. The number of sulfonamides is 1. The summed E-state index contributed by atoms with van der Waals surface area (Å²) in [5.41, 5.74) is 2.58. The molecule has 118 valence electrons. The van der Waals surface area contributed by atoms with E-state index in [4.69, 9.17) is 16.3 Å².